The van der Waals surface area contributed by atoms with Crippen LogP contribution >= 0.6 is 23.2 Å². The maximum absolute atomic E-state index is 12.8. The van der Waals surface area contributed by atoms with Crippen molar-refractivity contribution in [1.82, 2.24) is 24.0 Å². The van der Waals surface area contributed by atoms with E-state index in [1.54, 1.807) is 23.7 Å². The quantitative estimate of drug-likeness (QED) is 0.421. The van der Waals surface area contributed by atoms with Crippen molar-refractivity contribution < 1.29 is 4.79 Å². The number of carbonyl (C=O) groups is 1. The molecule has 2 N–H and O–H groups in total. The predicted molar refractivity (Wildman–Crippen MR) is 113 cm³/mol. The average Bonchev–Trinajstić information content (AvgIpc) is 3.07. The van der Waals surface area contributed by atoms with Crippen LogP contribution in [0.1, 0.15) is 5.56 Å². The number of nitrogens with one attached hydrogen (secondary N) is 2. The van der Waals surface area contributed by atoms with Gasteiger partial charge in [0.1, 0.15) is 5.88 Å². The Balaban J connectivity index is 2.03. The highest BCUT2D eigenvalue weighted by atomic mass is 35.5. The zero-order valence-electron chi connectivity index (χ0n) is 15.9. The molecule has 0 fully saturated rings. The highest BCUT2D eigenvalue weighted by molar-refractivity contribution is 6.30. The van der Waals surface area contributed by atoms with Crippen molar-refractivity contribution in [1.29, 1.82) is 0 Å². The monoisotopic (exact) mass is 438 g/mol. The Labute approximate surface area is 175 Å². The topological polar surface area (TPSA) is 103 Å². The number of halogens is 2. The molecule has 0 aliphatic carbocycles. The van der Waals surface area contributed by atoms with Crippen LogP contribution < -0.4 is 21.9 Å². The molecule has 0 aliphatic rings. The fourth-order valence-electron chi connectivity index (χ4n) is 2.93. The number of rotatable bonds is 7. The van der Waals surface area contributed by atoms with Gasteiger partial charge in [-0.15, -0.1) is 11.6 Å². The lowest BCUT2D eigenvalue weighted by Crippen LogP contribution is -2.37. The molecule has 154 valence electrons. The molecule has 0 unspecified atom stereocenters. The van der Waals surface area contributed by atoms with E-state index >= 15 is 0 Å². The van der Waals surface area contributed by atoms with Crippen molar-refractivity contribution in [3.05, 3.63) is 55.7 Å². The van der Waals surface area contributed by atoms with Crippen LogP contribution in [0.3, 0.4) is 0 Å². The molecule has 2 aromatic heterocycles. The van der Waals surface area contributed by atoms with Crippen LogP contribution in [0.25, 0.3) is 11.2 Å². The number of aromatic nitrogens is 4. The van der Waals surface area contributed by atoms with E-state index in [9.17, 15) is 14.4 Å². The van der Waals surface area contributed by atoms with Gasteiger partial charge in [0.2, 0.25) is 11.9 Å². The zero-order valence-corrected chi connectivity index (χ0v) is 17.4. The summed E-state index contributed by atoms with van der Waals surface area (Å²) >= 11 is 11.4. The molecule has 0 aliphatic heterocycles. The first kappa shape index (κ1) is 20.9. The molecule has 29 heavy (non-hydrogen) atoms. The van der Waals surface area contributed by atoms with Crippen molar-refractivity contribution in [3.8, 4) is 0 Å². The summed E-state index contributed by atoms with van der Waals surface area (Å²) in [4.78, 5) is 40.8. The van der Waals surface area contributed by atoms with Gasteiger partial charge >= 0.3 is 5.69 Å². The molecule has 0 radical (unpaired) electrons. The summed E-state index contributed by atoms with van der Waals surface area (Å²) in [6.45, 7) is 1.03. The lowest BCUT2D eigenvalue weighted by molar-refractivity contribution is -0.118. The van der Waals surface area contributed by atoms with Crippen LogP contribution in [0.4, 0.5) is 5.95 Å². The van der Waals surface area contributed by atoms with E-state index in [4.69, 9.17) is 23.2 Å². The van der Waals surface area contributed by atoms with Crippen molar-refractivity contribution in [2.75, 3.05) is 24.3 Å². The van der Waals surface area contributed by atoms with E-state index in [1.807, 2.05) is 12.1 Å². The third-order valence-electron chi connectivity index (χ3n) is 4.45. The molecule has 9 nitrogen and oxygen atoms in total. The molecule has 1 amide bonds. The van der Waals surface area contributed by atoms with Gasteiger partial charge in [0.15, 0.2) is 11.2 Å². The summed E-state index contributed by atoms with van der Waals surface area (Å²) in [6.07, 6.45) is 0. The summed E-state index contributed by atoms with van der Waals surface area (Å²) in [6, 6.07) is 7.23. The van der Waals surface area contributed by atoms with Crippen LogP contribution in [0.2, 0.25) is 5.02 Å². The standard InChI is InChI=1S/C18H20Cl2N6O3/c1-24-15-14(16(28)25(2)18(24)29)26(10-11-3-5-12(20)6-4-11)17(23-15)22-8-7-21-13(27)9-19/h3-6H,7-10H2,1-2H3,(H,21,27)(H,22,23). The molecular weight excluding hydrogens is 419 g/mol. The molecule has 0 bridgehead atoms. The number of hydrogen-bond donors (Lipinski definition) is 2. The molecule has 3 aromatic rings. The van der Waals surface area contributed by atoms with E-state index in [0.29, 0.717) is 36.1 Å². The number of anilines is 1. The Morgan fingerprint density at radius 1 is 1.10 bits per heavy atom. The molecule has 1 aromatic carbocycles. The Hall–Kier alpha value is -2.78. The summed E-state index contributed by atoms with van der Waals surface area (Å²) in [7, 11) is 2.99. The molecule has 0 saturated heterocycles. The Bertz CT molecular complexity index is 1160. The number of aryl methyl sites for hydroxylation is 1. The number of carbonyl (C=O) groups excluding carboxylic acids is 1. The summed E-state index contributed by atoms with van der Waals surface area (Å²) in [5.74, 6) is 0.0144. The van der Waals surface area contributed by atoms with Crippen LogP contribution in [0.5, 0.6) is 0 Å². The maximum atomic E-state index is 12.8. The largest absolute Gasteiger partial charge is 0.354 e. The second-order valence-corrected chi connectivity index (χ2v) is 7.14. The normalized spacial score (nSPS) is 11.0. The Morgan fingerprint density at radius 2 is 1.79 bits per heavy atom. The molecular formula is C18H20Cl2N6O3. The van der Waals surface area contributed by atoms with E-state index in [2.05, 4.69) is 15.6 Å². The van der Waals surface area contributed by atoms with Crippen LogP contribution in [-0.2, 0) is 25.4 Å². The first-order valence-corrected chi connectivity index (χ1v) is 9.72. The number of nitrogens with zero attached hydrogens (tertiary/aromatic N) is 4. The minimum absolute atomic E-state index is 0.118. The SMILES string of the molecule is Cn1c(=O)c2c(nc(NCCNC(=O)CCl)n2Cc2ccc(Cl)cc2)n(C)c1=O. The predicted octanol–water partition coefficient (Wildman–Crippen LogP) is 0.902. The molecule has 2 heterocycles. The van der Waals surface area contributed by atoms with Gasteiger partial charge in [-0.25, -0.2) is 4.79 Å². The average molecular weight is 439 g/mol. The summed E-state index contributed by atoms with van der Waals surface area (Å²) < 4.78 is 4.09. The van der Waals surface area contributed by atoms with Crippen molar-refractivity contribution in [3.63, 3.8) is 0 Å². The van der Waals surface area contributed by atoms with E-state index < -0.39 is 11.2 Å². The lowest BCUT2D eigenvalue weighted by Gasteiger charge is -2.11. The first-order valence-electron chi connectivity index (χ1n) is 8.80. The number of benzene rings is 1. The Kier molecular flexibility index (Phi) is 6.29. The maximum Gasteiger partial charge on any atom is 0.332 e. The minimum Gasteiger partial charge on any atom is -0.354 e. The fraction of sp³-hybridized carbons (Fsp3) is 0.333. The number of alkyl halides is 1. The number of amides is 1. The summed E-state index contributed by atoms with van der Waals surface area (Å²) in [5.41, 5.74) is 0.590. The Morgan fingerprint density at radius 3 is 2.45 bits per heavy atom. The molecule has 3 rings (SSSR count). The van der Waals surface area contributed by atoms with Gasteiger partial charge in [0.25, 0.3) is 5.56 Å². The van der Waals surface area contributed by atoms with Gasteiger partial charge in [0.05, 0.1) is 6.54 Å². The molecule has 0 spiro atoms. The van der Waals surface area contributed by atoms with Crippen molar-refractivity contribution >= 4 is 46.2 Å². The molecule has 0 atom stereocenters. The van der Waals surface area contributed by atoms with Gasteiger partial charge in [-0.1, -0.05) is 23.7 Å². The number of hydrogen-bond acceptors (Lipinski definition) is 5. The number of fused-ring (bicyclic) bond motifs is 1. The van der Waals surface area contributed by atoms with Gasteiger partial charge in [0, 0.05) is 32.2 Å². The third kappa shape index (κ3) is 4.30. The van der Waals surface area contributed by atoms with Crippen LogP contribution in [0.15, 0.2) is 33.9 Å². The second-order valence-electron chi connectivity index (χ2n) is 6.44. The fourth-order valence-corrected chi connectivity index (χ4v) is 3.15. The van der Waals surface area contributed by atoms with Crippen molar-refractivity contribution in [2.45, 2.75) is 6.54 Å². The zero-order chi connectivity index (χ0) is 21.1. The third-order valence-corrected chi connectivity index (χ3v) is 4.95. The highest BCUT2D eigenvalue weighted by Crippen LogP contribution is 2.19. The van der Waals surface area contributed by atoms with Gasteiger partial charge in [-0.05, 0) is 17.7 Å². The van der Waals surface area contributed by atoms with Crippen molar-refractivity contribution in [2.24, 2.45) is 14.1 Å². The van der Waals surface area contributed by atoms with Gasteiger partial charge < -0.3 is 10.6 Å². The van der Waals surface area contributed by atoms with E-state index in [0.717, 1.165) is 10.1 Å². The van der Waals surface area contributed by atoms with E-state index in [-0.39, 0.29) is 17.4 Å². The highest BCUT2D eigenvalue weighted by Gasteiger charge is 2.19. The van der Waals surface area contributed by atoms with Gasteiger partial charge in [-0.2, -0.15) is 4.98 Å². The van der Waals surface area contributed by atoms with Crippen LogP contribution in [0, 0.1) is 0 Å². The minimum atomic E-state index is -0.459. The number of imidazole rings is 1. The van der Waals surface area contributed by atoms with E-state index in [1.165, 1.54) is 11.6 Å². The van der Waals surface area contributed by atoms with Gasteiger partial charge in [-0.3, -0.25) is 23.3 Å². The lowest BCUT2D eigenvalue weighted by atomic mass is 10.2. The summed E-state index contributed by atoms with van der Waals surface area (Å²) in [5, 5.41) is 6.37. The second kappa shape index (κ2) is 8.71. The smallest absolute Gasteiger partial charge is 0.332 e. The molecule has 0 saturated carbocycles. The molecule has 11 heteroatoms. The van der Waals surface area contributed by atoms with Crippen LogP contribution in [-0.4, -0.2) is 43.6 Å². The first-order chi connectivity index (χ1) is 13.8.